The van der Waals surface area contributed by atoms with E-state index in [1.54, 1.807) is 0 Å². The molecule has 0 aliphatic carbocycles. The van der Waals surface area contributed by atoms with Crippen LogP contribution in [0.25, 0.3) is 0 Å². The molecule has 2 aromatic rings. The molecule has 0 bridgehead atoms. The number of benzene rings is 2. The first-order chi connectivity index (χ1) is 7.24. The van der Waals surface area contributed by atoms with Crippen LogP contribution in [0.5, 0.6) is 0 Å². The van der Waals surface area contributed by atoms with Crippen LogP contribution in [0.3, 0.4) is 0 Å². The molecule has 0 heterocycles. The molecule has 3 heteroatoms. The number of halogens is 2. The fourth-order valence-electron chi connectivity index (χ4n) is 1.14. The number of hydrogen-bond acceptors (Lipinski definition) is 0. The third-order valence-electron chi connectivity index (χ3n) is 1.86. The average Bonchev–Trinajstić information content (AvgIpc) is 2.25. The van der Waals surface area contributed by atoms with E-state index in [1.165, 1.54) is 7.22 Å². The topological polar surface area (TPSA) is 0 Å². The molecule has 2 rings (SSSR count). The second-order valence-electron chi connectivity index (χ2n) is 3.01. The quantitative estimate of drug-likeness (QED) is 0.731. The molecule has 0 radical (unpaired) electrons. The van der Waals surface area contributed by atoms with Crippen molar-refractivity contribution in [2.75, 3.05) is 0 Å². The normalized spacial score (nSPS) is 10.3. The third-order valence-corrected chi connectivity index (χ3v) is 5.27. The van der Waals surface area contributed by atoms with E-state index < -0.39 is 0 Å². The van der Waals surface area contributed by atoms with Crippen LogP contribution < -0.4 is 7.22 Å². The molecule has 2 aromatic carbocycles. The van der Waals surface area contributed by atoms with E-state index in [-0.39, 0.29) is 20.9 Å². The Bertz CT molecular complexity index is 391. The summed E-state index contributed by atoms with van der Waals surface area (Å²) in [6.07, 6.45) is 0. The van der Waals surface area contributed by atoms with Gasteiger partial charge in [0.05, 0.1) is 0 Å². The first-order valence-electron chi connectivity index (χ1n) is 4.43. The summed E-state index contributed by atoms with van der Waals surface area (Å²) in [6.45, 7) is 0. The van der Waals surface area contributed by atoms with Crippen molar-refractivity contribution in [2.24, 2.45) is 0 Å². The van der Waals surface area contributed by atoms with Gasteiger partial charge in [-0.1, -0.05) is 0 Å². The maximum atomic E-state index is 5.83. The minimum absolute atomic E-state index is 0.301. The Kier molecular flexibility index (Phi) is 3.94. The van der Waals surface area contributed by atoms with Crippen LogP contribution in [0.4, 0.5) is 0 Å². The van der Waals surface area contributed by atoms with Crippen molar-refractivity contribution < 1.29 is 0 Å². The molecule has 0 aliphatic rings. The summed E-state index contributed by atoms with van der Waals surface area (Å²) in [5.74, 6) is 0. The van der Waals surface area contributed by atoms with Gasteiger partial charge in [0.15, 0.2) is 0 Å². The van der Waals surface area contributed by atoms with Crippen LogP contribution in [0.1, 0.15) is 0 Å². The third kappa shape index (κ3) is 3.40. The summed E-state index contributed by atoms with van der Waals surface area (Å²) >= 11 is 11.4. The van der Waals surface area contributed by atoms with Gasteiger partial charge in [-0.25, -0.2) is 0 Å². The van der Waals surface area contributed by atoms with Gasteiger partial charge in [-0.15, -0.1) is 0 Å². The average molecular weight is 351 g/mol. The van der Waals surface area contributed by atoms with Gasteiger partial charge in [0.2, 0.25) is 0 Å². The molecule has 0 aliphatic heterocycles. The molecule has 0 saturated heterocycles. The van der Waals surface area contributed by atoms with E-state index in [0.717, 1.165) is 10.0 Å². The van der Waals surface area contributed by atoms with Gasteiger partial charge in [-0.2, -0.15) is 0 Å². The molecule has 0 nitrogen and oxygen atoms in total. The molecule has 0 aromatic heterocycles. The summed E-state index contributed by atoms with van der Waals surface area (Å²) in [6, 6.07) is 16.2. The number of rotatable bonds is 2. The van der Waals surface area contributed by atoms with Crippen LogP contribution in [0.15, 0.2) is 48.5 Å². The molecular formula is C12H8Cl2Te. The van der Waals surface area contributed by atoms with Crippen molar-refractivity contribution in [1.82, 2.24) is 0 Å². The molecule has 15 heavy (non-hydrogen) atoms. The fourth-order valence-corrected chi connectivity index (χ4v) is 3.72. The van der Waals surface area contributed by atoms with E-state index in [1.807, 2.05) is 24.3 Å². The Morgan fingerprint density at radius 3 is 1.27 bits per heavy atom. The predicted molar refractivity (Wildman–Crippen MR) is 67.9 cm³/mol. The van der Waals surface area contributed by atoms with Crippen LogP contribution in [0.2, 0.25) is 10.0 Å². The summed E-state index contributed by atoms with van der Waals surface area (Å²) in [4.78, 5) is 0. The molecule has 0 saturated carbocycles. The van der Waals surface area contributed by atoms with Gasteiger partial charge < -0.3 is 0 Å². The van der Waals surface area contributed by atoms with Gasteiger partial charge in [0.1, 0.15) is 0 Å². The van der Waals surface area contributed by atoms with Gasteiger partial charge in [-0.3, -0.25) is 0 Å². The Morgan fingerprint density at radius 1 is 0.600 bits per heavy atom. The first-order valence-corrected chi connectivity index (χ1v) is 7.52. The van der Waals surface area contributed by atoms with Crippen molar-refractivity contribution in [3.63, 3.8) is 0 Å². The van der Waals surface area contributed by atoms with Crippen molar-refractivity contribution >= 4 is 51.3 Å². The zero-order valence-electron chi connectivity index (χ0n) is 7.78. The Morgan fingerprint density at radius 2 is 0.933 bits per heavy atom. The maximum absolute atomic E-state index is 5.83. The van der Waals surface area contributed by atoms with Gasteiger partial charge in [0.25, 0.3) is 0 Å². The van der Waals surface area contributed by atoms with Gasteiger partial charge in [0, 0.05) is 0 Å². The fraction of sp³-hybridized carbons (Fsp3) is 0. The standard InChI is InChI=1S/C12H8Cl2Te/c13-9-1-5-11(6-2-9)15-12-7-3-10(14)4-8-12/h1-8H. The minimum atomic E-state index is -0.301. The van der Waals surface area contributed by atoms with Gasteiger partial charge in [-0.05, 0) is 0 Å². The van der Waals surface area contributed by atoms with Crippen molar-refractivity contribution in [2.45, 2.75) is 0 Å². The summed E-state index contributed by atoms with van der Waals surface area (Å²) < 4.78 is 2.76. The SMILES string of the molecule is Clc1ccc([Te]c2ccc(Cl)cc2)cc1. The molecule has 0 fully saturated rings. The summed E-state index contributed by atoms with van der Waals surface area (Å²) in [5.41, 5.74) is 0. The van der Waals surface area contributed by atoms with E-state index >= 15 is 0 Å². The van der Waals surface area contributed by atoms with Crippen molar-refractivity contribution in [3.8, 4) is 0 Å². The molecule has 0 unspecified atom stereocenters. The molecule has 0 amide bonds. The van der Waals surface area contributed by atoms with Gasteiger partial charge >= 0.3 is 110 Å². The van der Waals surface area contributed by atoms with E-state index in [9.17, 15) is 0 Å². The first kappa shape index (κ1) is 11.3. The van der Waals surface area contributed by atoms with Crippen LogP contribution >= 0.6 is 23.2 Å². The Hall–Kier alpha value is -0.190. The van der Waals surface area contributed by atoms with E-state index in [0.29, 0.717) is 0 Å². The zero-order valence-corrected chi connectivity index (χ0v) is 11.6. The zero-order chi connectivity index (χ0) is 10.7. The van der Waals surface area contributed by atoms with Crippen LogP contribution in [-0.2, 0) is 0 Å². The molecule has 0 spiro atoms. The van der Waals surface area contributed by atoms with E-state index in [4.69, 9.17) is 23.2 Å². The summed E-state index contributed by atoms with van der Waals surface area (Å²) in [7, 11) is 0. The number of hydrogen-bond donors (Lipinski definition) is 0. The molecular weight excluding hydrogens is 343 g/mol. The van der Waals surface area contributed by atoms with E-state index in [2.05, 4.69) is 24.3 Å². The molecule has 76 valence electrons. The van der Waals surface area contributed by atoms with Crippen molar-refractivity contribution in [3.05, 3.63) is 58.6 Å². The Balaban J connectivity index is 2.15. The predicted octanol–water partition coefficient (Wildman–Crippen LogP) is 2.65. The van der Waals surface area contributed by atoms with Crippen LogP contribution in [0, 0.1) is 0 Å². The molecule has 0 atom stereocenters. The Labute approximate surface area is 109 Å². The summed E-state index contributed by atoms with van der Waals surface area (Å²) in [5, 5.41) is 1.59. The van der Waals surface area contributed by atoms with Crippen molar-refractivity contribution in [1.29, 1.82) is 0 Å². The van der Waals surface area contributed by atoms with Crippen LogP contribution in [-0.4, -0.2) is 20.9 Å². The second kappa shape index (κ2) is 5.23. The molecule has 0 N–H and O–H groups in total. The monoisotopic (exact) mass is 352 g/mol. The second-order valence-corrected chi connectivity index (χ2v) is 7.16.